The van der Waals surface area contributed by atoms with Gasteiger partial charge in [0.05, 0.1) is 27.1 Å². The standard InChI is InChI=1S/C23H23N5O4S/c1-30-18-9-6-16(7-10-18)22-25-26-23(28(22)27-12-4-5-13-27)33-15-21(29)24-17-8-11-19(31-2)20(14-17)32-3/h4-14H,15H2,1-3H3,(H,24,29). The number of carbonyl (C=O) groups is 1. The van der Waals surface area contributed by atoms with E-state index in [9.17, 15) is 4.79 Å². The molecule has 2 aromatic heterocycles. The first-order valence-corrected chi connectivity index (χ1v) is 11.0. The topological polar surface area (TPSA) is 92.4 Å². The van der Waals surface area contributed by atoms with Gasteiger partial charge < -0.3 is 19.5 Å². The minimum atomic E-state index is -0.180. The van der Waals surface area contributed by atoms with Crippen LogP contribution in [0.5, 0.6) is 17.2 Å². The number of carbonyl (C=O) groups excluding carboxylic acids is 1. The van der Waals surface area contributed by atoms with Gasteiger partial charge in [-0.2, -0.15) is 0 Å². The van der Waals surface area contributed by atoms with Crippen molar-refractivity contribution < 1.29 is 19.0 Å². The van der Waals surface area contributed by atoms with Crippen LogP contribution in [0.4, 0.5) is 5.69 Å². The van der Waals surface area contributed by atoms with Gasteiger partial charge in [0.1, 0.15) is 5.75 Å². The zero-order chi connectivity index (χ0) is 23.2. The molecule has 0 fully saturated rings. The number of aromatic nitrogens is 4. The summed E-state index contributed by atoms with van der Waals surface area (Å²) < 4.78 is 19.5. The SMILES string of the molecule is COc1ccc(-c2nnc(SCC(=O)Nc3ccc(OC)c(OC)c3)n2-n2cccc2)cc1. The van der Waals surface area contributed by atoms with Crippen molar-refractivity contribution in [2.75, 3.05) is 32.4 Å². The highest BCUT2D eigenvalue weighted by molar-refractivity contribution is 7.99. The maximum absolute atomic E-state index is 12.6. The van der Waals surface area contributed by atoms with Crippen LogP contribution in [0.2, 0.25) is 0 Å². The molecule has 4 aromatic rings. The van der Waals surface area contributed by atoms with Crippen LogP contribution < -0.4 is 19.5 Å². The van der Waals surface area contributed by atoms with E-state index in [1.165, 1.54) is 11.8 Å². The van der Waals surface area contributed by atoms with E-state index in [1.54, 1.807) is 39.5 Å². The van der Waals surface area contributed by atoms with Crippen LogP contribution in [0.25, 0.3) is 11.4 Å². The van der Waals surface area contributed by atoms with Crippen LogP contribution in [0.15, 0.2) is 72.1 Å². The van der Waals surface area contributed by atoms with Gasteiger partial charge in [-0.1, -0.05) is 11.8 Å². The molecule has 0 aliphatic heterocycles. The minimum absolute atomic E-state index is 0.149. The van der Waals surface area contributed by atoms with E-state index in [-0.39, 0.29) is 11.7 Å². The molecule has 0 radical (unpaired) electrons. The molecule has 10 heteroatoms. The van der Waals surface area contributed by atoms with Crippen molar-refractivity contribution >= 4 is 23.4 Å². The number of thioether (sulfide) groups is 1. The highest BCUT2D eigenvalue weighted by Gasteiger charge is 2.17. The number of ether oxygens (including phenoxy) is 3. The summed E-state index contributed by atoms with van der Waals surface area (Å²) in [4.78, 5) is 12.6. The Kier molecular flexibility index (Phi) is 6.84. The van der Waals surface area contributed by atoms with Gasteiger partial charge in [0, 0.05) is 29.7 Å². The molecular weight excluding hydrogens is 442 g/mol. The lowest BCUT2D eigenvalue weighted by Gasteiger charge is -2.12. The van der Waals surface area contributed by atoms with Crippen LogP contribution in [-0.4, -0.2) is 52.5 Å². The first-order chi connectivity index (χ1) is 16.1. The Morgan fingerprint density at radius 3 is 2.33 bits per heavy atom. The fourth-order valence-corrected chi connectivity index (χ4v) is 3.92. The summed E-state index contributed by atoms with van der Waals surface area (Å²) in [7, 11) is 4.74. The third-order valence-corrected chi connectivity index (χ3v) is 5.70. The molecule has 1 amide bonds. The van der Waals surface area contributed by atoms with E-state index in [0.29, 0.717) is 28.2 Å². The van der Waals surface area contributed by atoms with Crippen molar-refractivity contribution in [1.82, 2.24) is 19.5 Å². The molecule has 2 aromatic carbocycles. The maximum atomic E-state index is 12.6. The predicted octanol–water partition coefficient (Wildman–Crippen LogP) is 3.81. The van der Waals surface area contributed by atoms with Gasteiger partial charge in [-0.25, -0.2) is 4.68 Å². The van der Waals surface area contributed by atoms with E-state index >= 15 is 0 Å². The second kappa shape index (κ2) is 10.1. The maximum Gasteiger partial charge on any atom is 0.234 e. The number of nitrogens with one attached hydrogen (secondary N) is 1. The van der Waals surface area contributed by atoms with E-state index in [2.05, 4.69) is 15.5 Å². The third kappa shape index (κ3) is 4.96. The average Bonchev–Trinajstić information content (AvgIpc) is 3.52. The normalized spacial score (nSPS) is 10.6. The van der Waals surface area contributed by atoms with Gasteiger partial charge in [-0.05, 0) is 48.5 Å². The Balaban J connectivity index is 1.52. The number of hydrogen-bond donors (Lipinski definition) is 1. The van der Waals surface area contributed by atoms with E-state index in [0.717, 1.165) is 11.3 Å². The number of anilines is 1. The van der Waals surface area contributed by atoms with Crippen LogP contribution in [-0.2, 0) is 4.79 Å². The number of methoxy groups -OCH3 is 3. The molecule has 0 atom stereocenters. The molecular formula is C23H23N5O4S. The number of hydrogen-bond acceptors (Lipinski definition) is 7. The number of amides is 1. The molecule has 0 unspecified atom stereocenters. The average molecular weight is 466 g/mol. The fourth-order valence-electron chi connectivity index (χ4n) is 3.18. The highest BCUT2D eigenvalue weighted by Crippen LogP contribution is 2.30. The number of nitrogens with zero attached hydrogens (tertiary/aromatic N) is 4. The summed E-state index contributed by atoms with van der Waals surface area (Å²) in [5, 5.41) is 12.2. The smallest absolute Gasteiger partial charge is 0.234 e. The van der Waals surface area contributed by atoms with Crippen LogP contribution in [0.3, 0.4) is 0 Å². The molecule has 0 spiro atoms. The summed E-state index contributed by atoms with van der Waals surface area (Å²) in [5.41, 5.74) is 1.49. The highest BCUT2D eigenvalue weighted by atomic mass is 32.2. The first kappa shape index (κ1) is 22.3. The summed E-state index contributed by atoms with van der Waals surface area (Å²) >= 11 is 1.29. The molecule has 170 valence electrons. The molecule has 9 nitrogen and oxygen atoms in total. The molecule has 33 heavy (non-hydrogen) atoms. The zero-order valence-electron chi connectivity index (χ0n) is 18.4. The summed E-state index contributed by atoms with van der Waals surface area (Å²) in [6, 6.07) is 16.6. The molecule has 4 rings (SSSR count). The van der Waals surface area contributed by atoms with Gasteiger partial charge in [-0.15, -0.1) is 10.2 Å². The van der Waals surface area contributed by atoms with Gasteiger partial charge in [0.15, 0.2) is 17.3 Å². The Morgan fingerprint density at radius 1 is 0.939 bits per heavy atom. The van der Waals surface area contributed by atoms with E-state index in [1.807, 2.05) is 58.1 Å². The Bertz CT molecular complexity index is 1220. The Hall–Kier alpha value is -3.92. The quantitative estimate of drug-likeness (QED) is 0.376. The molecule has 2 heterocycles. The second-order valence-electron chi connectivity index (χ2n) is 6.82. The molecule has 0 aliphatic rings. The molecule has 0 bridgehead atoms. The second-order valence-corrected chi connectivity index (χ2v) is 7.76. The lowest BCUT2D eigenvalue weighted by atomic mass is 10.2. The van der Waals surface area contributed by atoms with E-state index < -0.39 is 0 Å². The van der Waals surface area contributed by atoms with Crippen molar-refractivity contribution in [3.8, 4) is 28.6 Å². The van der Waals surface area contributed by atoms with Crippen molar-refractivity contribution in [2.45, 2.75) is 5.16 Å². The van der Waals surface area contributed by atoms with Gasteiger partial charge in [-0.3, -0.25) is 9.47 Å². The van der Waals surface area contributed by atoms with Crippen LogP contribution in [0.1, 0.15) is 0 Å². The third-order valence-electron chi connectivity index (χ3n) is 4.78. The molecule has 1 N–H and O–H groups in total. The first-order valence-electron chi connectivity index (χ1n) is 10.0. The minimum Gasteiger partial charge on any atom is -0.497 e. The summed E-state index contributed by atoms with van der Waals surface area (Å²) in [6.07, 6.45) is 3.79. The predicted molar refractivity (Wildman–Crippen MR) is 126 cm³/mol. The zero-order valence-corrected chi connectivity index (χ0v) is 19.2. The van der Waals surface area contributed by atoms with Crippen molar-refractivity contribution in [1.29, 1.82) is 0 Å². The largest absolute Gasteiger partial charge is 0.497 e. The lowest BCUT2D eigenvalue weighted by Crippen LogP contribution is -2.16. The van der Waals surface area contributed by atoms with Gasteiger partial charge >= 0.3 is 0 Å². The molecule has 0 aliphatic carbocycles. The fraction of sp³-hybridized carbons (Fsp3) is 0.174. The monoisotopic (exact) mass is 465 g/mol. The van der Waals surface area contributed by atoms with Crippen LogP contribution in [0, 0.1) is 0 Å². The molecule has 0 saturated carbocycles. The Labute approximate surface area is 195 Å². The van der Waals surface area contributed by atoms with Crippen molar-refractivity contribution in [3.05, 3.63) is 67.0 Å². The van der Waals surface area contributed by atoms with Crippen LogP contribution >= 0.6 is 11.8 Å². The Morgan fingerprint density at radius 2 is 1.67 bits per heavy atom. The number of benzene rings is 2. The lowest BCUT2D eigenvalue weighted by molar-refractivity contribution is -0.113. The van der Waals surface area contributed by atoms with Crippen molar-refractivity contribution in [2.24, 2.45) is 0 Å². The number of rotatable bonds is 9. The van der Waals surface area contributed by atoms with Gasteiger partial charge in [0.25, 0.3) is 0 Å². The summed E-state index contributed by atoms with van der Waals surface area (Å²) in [6.45, 7) is 0. The molecule has 0 saturated heterocycles. The van der Waals surface area contributed by atoms with Gasteiger partial charge in [0.2, 0.25) is 11.1 Å². The van der Waals surface area contributed by atoms with E-state index in [4.69, 9.17) is 14.2 Å². The van der Waals surface area contributed by atoms with Crippen molar-refractivity contribution in [3.63, 3.8) is 0 Å². The summed E-state index contributed by atoms with van der Waals surface area (Å²) in [5.74, 6) is 2.51.